The van der Waals surface area contributed by atoms with Crippen molar-refractivity contribution in [3.8, 4) is 0 Å². The molecule has 1 unspecified atom stereocenters. The zero-order valence-corrected chi connectivity index (χ0v) is 14.9. The lowest BCUT2D eigenvalue weighted by Crippen LogP contribution is -2.37. The number of ether oxygens (including phenoxy) is 1. The van der Waals surface area contributed by atoms with Crippen LogP contribution in [0.5, 0.6) is 0 Å². The zero-order valence-electron chi connectivity index (χ0n) is 14.9. The van der Waals surface area contributed by atoms with Gasteiger partial charge in [0.15, 0.2) is 0 Å². The van der Waals surface area contributed by atoms with E-state index in [2.05, 4.69) is 11.7 Å². The van der Waals surface area contributed by atoms with E-state index in [4.69, 9.17) is 0 Å². The lowest BCUT2D eigenvalue weighted by Gasteiger charge is -2.15. The van der Waals surface area contributed by atoms with Gasteiger partial charge in [0, 0.05) is 0 Å². The molecule has 0 aliphatic carbocycles. The summed E-state index contributed by atoms with van der Waals surface area (Å²) >= 11 is 0. The van der Waals surface area contributed by atoms with Crippen molar-refractivity contribution in [1.29, 1.82) is 0 Å². The summed E-state index contributed by atoms with van der Waals surface area (Å²) in [5.74, 6) is -1.30. The van der Waals surface area contributed by atoms with E-state index in [9.17, 15) is 14.7 Å². The molecule has 0 heterocycles. The van der Waals surface area contributed by atoms with Crippen molar-refractivity contribution in [3.05, 3.63) is 0 Å². The predicted octanol–water partition coefficient (Wildman–Crippen LogP) is 4.15. The topological polar surface area (TPSA) is 66.4 Å². The monoisotopic (exact) mass is 327 g/mol. The van der Waals surface area contributed by atoms with E-state index in [-0.39, 0.29) is 6.47 Å². The molecule has 0 rings (SSSR count). The standard InChI is InChI=1S/C19H36O4/c1-2-3-4-5-6-7-8-9-10-11-12-13-14-15-16-18(19(21)22)23-17-20/h17-18H,2-16H2,1H3,(H,21,22)/p-1. The number of unbranched alkanes of at least 4 members (excludes halogenated alkanes) is 13. The summed E-state index contributed by atoms with van der Waals surface area (Å²) in [7, 11) is 0. The highest BCUT2D eigenvalue weighted by Crippen LogP contribution is 2.14. The molecule has 0 aromatic heterocycles. The highest BCUT2D eigenvalue weighted by atomic mass is 16.5. The number of hydrogen-bond acceptors (Lipinski definition) is 4. The Morgan fingerprint density at radius 2 is 1.22 bits per heavy atom. The van der Waals surface area contributed by atoms with Gasteiger partial charge < -0.3 is 14.6 Å². The summed E-state index contributed by atoms with van der Waals surface area (Å²) in [4.78, 5) is 20.8. The van der Waals surface area contributed by atoms with Crippen LogP contribution in [0.1, 0.15) is 103 Å². The van der Waals surface area contributed by atoms with Crippen LogP contribution in [0.25, 0.3) is 0 Å². The molecule has 0 aliphatic rings. The molecule has 0 spiro atoms. The Morgan fingerprint density at radius 1 is 0.826 bits per heavy atom. The van der Waals surface area contributed by atoms with Gasteiger partial charge in [0.05, 0.1) is 5.97 Å². The molecule has 0 amide bonds. The maximum absolute atomic E-state index is 10.7. The number of hydrogen-bond donors (Lipinski definition) is 0. The fourth-order valence-corrected chi connectivity index (χ4v) is 2.83. The third-order valence-corrected chi connectivity index (χ3v) is 4.30. The Hall–Kier alpha value is -1.06. The first kappa shape index (κ1) is 21.9. The van der Waals surface area contributed by atoms with E-state index in [1.165, 1.54) is 70.6 Å². The Bertz CT molecular complexity index is 279. The van der Waals surface area contributed by atoms with Crippen LogP contribution in [0, 0.1) is 0 Å². The first-order valence-electron chi connectivity index (χ1n) is 9.52. The SMILES string of the molecule is CCCCCCCCCCCCCCCCC(OC=O)C(=O)[O-]. The minimum absolute atomic E-state index is 0.185. The van der Waals surface area contributed by atoms with Crippen molar-refractivity contribution < 1.29 is 19.4 Å². The maximum Gasteiger partial charge on any atom is 0.293 e. The minimum atomic E-state index is -1.30. The first-order valence-corrected chi connectivity index (χ1v) is 9.52. The highest BCUT2D eigenvalue weighted by Gasteiger charge is 2.09. The van der Waals surface area contributed by atoms with Crippen LogP contribution in [-0.4, -0.2) is 18.5 Å². The predicted molar refractivity (Wildman–Crippen MR) is 90.9 cm³/mol. The van der Waals surface area contributed by atoms with Gasteiger partial charge in [-0.1, -0.05) is 90.4 Å². The van der Waals surface area contributed by atoms with Gasteiger partial charge >= 0.3 is 0 Å². The molecule has 0 aromatic rings. The third kappa shape index (κ3) is 15.6. The molecule has 136 valence electrons. The van der Waals surface area contributed by atoms with Crippen LogP contribution in [0.4, 0.5) is 0 Å². The molecule has 0 fully saturated rings. The van der Waals surface area contributed by atoms with Crippen molar-refractivity contribution in [2.45, 2.75) is 109 Å². The molecular weight excluding hydrogens is 292 g/mol. The molecular formula is C19H35O4-. The number of carbonyl (C=O) groups excluding carboxylic acids is 2. The lowest BCUT2D eigenvalue weighted by molar-refractivity contribution is -0.315. The molecule has 0 aromatic carbocycles. The summed E-state index contributed by atoms with van der Waals surface area (Å²) in [6, 6.07) is 0. The molecule has 4 nitrogen and oxygen atoms in total. The Kier molecular flexibility index (Phi) is 16.5. The number of aliphatic carboxylic acids is 1. The van der Waals surface area contributed by atoms with E-state index < -0.39 is 12.1 Å². The largest absolute Gasteiger partial charge is 0.546 e. The lowest BCUT2D eigenvalue weighted by atomic mass is 10.0. The molecule has 0 bridgehead atoms. The summed E-state index contributed by atoms with van der Waals surface area (Å²) in [5.41, 5.74) is 0. The second-order valence-corrected chi connectivity index (χ2v) is 6.42. The normalized spacial score (nSPS) is 12.0. The average Bonchev–Trinajstić information content (AvgIpc) is 2.54. The van der Waals surface area contributed by atoms with Crippen LogP contribution >= 0.6 is 0 Å². The minimum Gasteiger partial charge on any atom is -0.546 e. The molecule has 0 saturated carbocycles. The van der Waals surface area contributed by atoms with Gasteiger partial charge in [-0.3, -0.25) is 4.79 Å². The molecule has 4 heteroatoms. The average molecular weight is 327 g/mol. The third-order valence-electron chi connectivity index (χ3n) is 4.30. The van der Waals surface area contributed by atoms with E-state index in [1.807, 2.05) is 0 Å². The fourth-order valence-electron chi connectivity index (χ4n) is 2.83. The van der Waals surface area contributed by atoms with Crippen LogP contribution in [0.15, 0.2) is 0 Å². The van der Waals surface area contributed by atoms with Crippen LogP contribution < -0.4 is 5.11 Å². The Balaban J connectivity index is 3.21. The summed E-state index contributed by atoms with van der Waals surface area (Å²) < 4.78 is 4.47. The molecule has 1 atom stereocenters. The van der Waals surface area contributed by atoms with E-state index >= 15 is 0 Å². The summed E-state index contributed by atoms with van der Waals surface area (Å²) in [5, 5.41) is 10.7. The summed E-state index contributed by atoms with van der Waals surface area (Å²) in [6.45, 7) is 2.44. The zero-order chi connectivity index (χ0) is 17.2. The van der Waals surface area contributed by atoms with Crippen molar-refractivity contribution in [3.63, 3.8) is 0 Å². The van der Waals surface area contributed by atoms with Gasteiger partial charge in [-0.2, -0.15) is 0 Å². The summed E-state index contributed by atoms with van der Waals surface area (Å²) in [6.07, 6.45) is 16.9. The number of carboxylic acid groups (broad SMARTS) is 1. The highest BCUT2D eigenvalue weighted by molar-refractivity contribution is 5.71. The van der Waals surface area contributed by atoms with Gasteiger partial charge in [-0.15, -0.1) is 0 Å². The molecule has 0 aliphatic heterocycles. The number of carboxylic acids is 1. The van der Waals surface area contributed by atoms with Crippen LogP contribution in [0.3, 0.4) is 0 Å². The van der Waals surface area contributed by atoms with Gasteiger partial charge in [-0.05, 0) is 12.8 Å². The van der Waals surface area contributed by atoms with Crippen molar-refractivity contribution in [2.24, 2.45) is 0 Å². The molecule has 0 radical (unpaired) electrons. The molecule has 23 heavy (non-hydrogen) atoms. The Labute approximate surface area is 142 Å². The second-order valence-electron chi connectivity index (χ2n) is 6.42. The van der Waals surface area contributed by atoms with Gasteiger partial charge in [0.25, 0.3) is 6.47 Å². The van der Waals surface area contributed by atoms with E-state index in [0.717, 1.165) is 19.3 Å². The van der Waals surface area contributed by atoms with Crippen molar-refractivity contribution in [1.82, 2.24) is 0 Å². The van der Waals surface area contributed by atoms with Crippen LogP contribution in [0.2, 0.25) is 0 Å². The molecule has 0 saturated heterocycles. The van der Waals surface area contributed by atoms with Gasteiger partial charge in [0.2, 0.25) is 0 Å². The van der Waals surface area contributed by atoms with Crippen LogP contribution in [-0.2, 0) is 14.3 Å². The number of carbonyl (C=O) groups is 2. The number of rotatable bonds is 18. The second kappa shape index (κ2) is 17.3. The van der Waals surface area contributed by atoms with Gasteiger partial charge in [0.1, 0.15) is 6.10 Å². The van der Waals surface area contributed by atoms with E-state index in [0.29, 0.717) is 6.42 Å². The maximum atomic E-state index is 10.7. The smallest absolute Gasteiger partial charge is 0.293 e. The van der Waals surface area contributed by atoms with Crippen molar-refractivity contribution in [2.75, 3.05) is 0 Å². The fraction of sp³-hybridized carbons (Fsp3) is 0.895. The first-order chi connectivity index (χ1) is 11.2. The van der Waals surface area contributed by atoms with Crippen molar-refractivity contribution >= 4 is 12.4 Å². The molecule has 0 N–H and O–H groups in total. The Morgan fingerprint density at radius 3 is 1.57 bits per heavy atom. The van der Waals surface area contributed by atoms with E-state index in [1.54, 1.807) is 0 Å². The van der Waals surface area contributed by atoms with Gasteiger partial charge in [-0.25, -0.2) is 0 Å². The quantitative estimate of drug-likeness (QED) is 0.280.